The Morgan fingerprint density at radius 3 is 2.57 bits per heavy atom. The third-order valence-electron chi connectivity index (χ3n) is 6.58. The van der Waals surface area contributed by atoms with Gasteiger partial charge in [0.05, 0.1) is 16.6 Å². The van der Waals surface area contributed by atoms with Crippen LogP contribution in [0.2, 0.25) is 0 Å². The first-order chi connectivity index (χ1) is 16.8. The van der Waals surface area contributed by atoms with Crippen LogP contribution < -0.4 is 5.32 Å². The number of anilines is 1. The molecule has 3 aromatic rings. The van der Waals surface area contributed by atoms with Gasteiger partial charge in [0.25, 0.3) is 11.8 Å². The Labute approximate surface area is 203 Å². The van der Waals surface area contributed by atoms with Crippen molar-refractivity contribution in [3.63, 3.8) is 0 Å². The molecule has 1 aliphatic carbocycles. The molecule has 0 aliphatic heterocycles. The minimum atomic E-state index is -0.909. The molecule has 0 bridgehead atoms. The maximum atomic E-state index is 13.2. The summed E-state index contributed by atoms with van der Waals surface area (Å²) in [6, 6.07) is 11.6. The van der Waals surface area contributed by atoms with Gasteiger partial charge in [-0.2, -0.15) is 0 Å². The highest BCUT2D eigenvalue weighted by Gasteiger charge is 2.24. The van der Waals surface area contributed by atoms with Crippen LogP contribution in [0.15, 0.2) is 42.5 Å². The average Bonchev–Trinajstić information content (AvgIpc) is 3.19. The molecular weight excluding hydrogens is 448 g/mol. The number of fused-ring (bicyclic) bond motifs is 1. The van der Waals surface area contributed by atoms with Gasteiger partial charge in [0.15, 0.2) is 0 Å². The van der Waals surface area contributed by atoms with E-state index in [1.54, 1.807) is 34.9 Å². The van der Waals surface area contributed by atoms with Gasteiger partial charge in [0, 0.05) is 31.6 Å². The predicted octanol–water partition coefficient (Wildman–Crippen LogP) is 4.26. The quantitative estimate of drug-likeness (QED) is 0.444. The van der Waals surface area contributed by atoms with E-state index in [1.165, 1.54) is 18.6 Å². The number of carboxylic acids is 1. The lowest BCUT2D eigenvalue weighted by molar-refractivity contribution is -0.137. The Balaban J connectivity index is 1.64. The molecule has 2 amide bonds. The van der Waals surface area contributed by atoms with Crippen LogP contribution in [0.1, 0.15) is 65.7 Å². The summed E-state index contributed by atoms with van der Waals surface area (Å²) in [5.41, 5.74) is 1.82. The second kappa shape index (κ2) is 10.6. The lowest BCUT2D eigenvalue weighted by Gasteiger charge is -2.31. The van der Waals surface area contributed by atoms with Gasteiger partial charge in [0.1, 0.15) is 5.75 Å². The number of para-hydroxylation sites is 1. The molecule has 4 rings (SSSR count). The van der Waals surface area contributed by atoms with Gasteiger partial charge < -0.3 is 19.7 Å². The summed E-state index contributed by atoms with van der Waals surface area (Å²) in [7, 11) is 1.84. The molecule has 1 fully saturated rings. The van der Waals surface area contributed by atoms with Crippen molar-refractivity contribution < 1.29 is 24.6 Å². The van der Waals surface area contributed by atoms with Crippen molar-refractivity contribution in [1.82, 2.24) is 14.5 Å². The van der Waals surface area contributed by atoms with Crippen LogP contribution in [0.5, 0.6) is 5.75 Å². The van der Waals surface area contributed by atoms with Gasteiger partial charge in [0.2, 0.25) is 5.95 Å². The maximum Gasteiger partial charge on any atom is 0.303 e. The van der Waals surface area contributed by atoms with E-state index in [0.717, 1.165) is 25.7 Å². The minimum Gasteiger partial charge on any atom is -0.507 e. The van der Waals surface area contributed by atoms with Crippen LogP contribution in [-0.2, 0) is 11.3 Å². The summed E-state index contributed by atoms with van der Waals surface area (Å²) in [6.07, 6.45) is 5.78. The summed E-state index contributed by atoms with van der Waals surface area (Å²) in [4.78, 5) is 43.3. The zero-order chi connectivity index (χ0) is 24.9. The second-order valence-electron chi connectivity index (χ2n) is 8.97. The highest BCUT2D eigenvalue weighted by Crippen LogP contribution is 2.26. The molecule has 0 radical (unpaired) electrons. The van der Waals surface area contributed by atoms with Crippen molar-refractivity contribution >= 4 is 34.8 Å². The number of aromatic hydroxyl groups is 1. The fourth-order valence-corrected chi connectivity index (χ4v) is 4.65. The summed E-state index contributed by atoms with van der Waals surface area (Å²) in [5.74, 6) is -1.45. The number of phenolic OH excluding ortho intramolecular Hbond substituents is 1. The molecule has 0 atom stereocenters. The zero-order valence-corrected chi connectivity index (χ0v) is 19.7. The second-order valence-corrected chi connectivity index (χ2v) is 8.97. The first-order valence-electron chi connectivity index (χ1n) is 11.9. The largest absolute Gasteiger partial charge is 0.507 e. The number of aryl methyl sites for hydroxylation is 1. The number of nitrogens with zero attached hydrogens (tertiary/aromatic N) is 3. The molecule has 0 unspecified atom stereocenters. The Hall–Kier alpha value is -3.88. The normalized spacial score (nSPS) is 14.1. The maximum absolute atomic E-state index is 13.2. The average molecular weight is 479 g/mol. The van der Waals surface area contributed by atoms with Crippen LogP contribution >= 0.6 is 0 Å². The molecule has 1 aliphatic rings. The van der Waals surface area contributed by atoms with Gasteiger partial charge in [-0.15, -0.1) is 0 Å². The van der Waals surface area contributed by atoms with E-state index in [4.69, 9.17) is 5.11 Å². The van der Waals surface area contributed by atoms with E-state index >= 15 is 0 Å². The van der Waals surface area contributed by atoms with Crippen molar-refractivity contribution in [2.45, 2.75) is 57.5 Å². The number of carbonyl (C=O) groups excluding carboxylic acids is 2. The lowest BCUT2D eigenvalue weighted by Crippen LogP contribution is -2.38. The fraction of sp³-hybridized carbons (Fsp3) is 0.385. The standard InChI is InChI=1S/C26H30N4O5/c1-29(18-8-3-2-4-9-18)25(35)17-13-14-21-20(16-17)27-26(30(21)15-7-12-23(32)33)28-24(34)19-10-5-6-11-22(19)31/h5-6,10-11,13-14,16,18,31H,2-4,7-9,12,15H2,1H3,(H,32,33)(H,27,28,34). The van der Waals surface area contributed by atoms with E-state index in [2.05, 4.69) is 10.3 Å². The Bertz CT molecular complexity index is 1250. The number of hydrogen-bond donors (Lipinski definition) is 3. The molecule has 9 nitrogen and oxygen atoms in total. The molecule has 9 heteroatoms. The number of hydrogen-bond acceptors (Lipinski definition) is 5. The van der Waals surface area contributed by atoms with Gasteiger partial charge in [-0.1, -0.05) is 31.4 Å². The van der Waals surface area contributed by atoms with Crippen LogP contribution in [0.3, 0.4) is 0 Å². The van der Waals surface area contributed by atoms with Crippen molar-refractivity contribution in [1.29, 1.82) is 0 Å². The fourth-order valence-electron chi connectivity index (χ4n) is 4.65. The lowest BCUT2D eigenvalue weighted by atomic mass is 9.94. The van der Waals surface area contributed by atoms with E-state index in [9.17, 15) is 19.5 Å². The Kier molecular flexibility index (Phi) is 7.33. The number of rotatable bonds is 8. The third kappa shape index (κ3) is 5.45. The number of phenols is 1. The third-order valence-corrected chi connectivity index (χ3v) is 6.58. The number of benzene rings is 2. The number of nitrogens with one attached hydrogen (secondary N) is 1. The minimum absolute atomic E-state index is 0.0325. The zero-order valence-electron chi connectivity index (χ0n) is 19.7. The molecule has 1 saturated carbocycles. The predicted molar refractivity (Wildman–Crippen MR) is 132 cm³/mol. The van der Waals surface area contributed by atoms with Crippen LogP contribution in [-0.4, -0.2) is 55.5 Å². The van der Waals surface area contributed by atoms with Crippen molar-refractivity contribution in [2.24, 2.45) is 0 Å². The Morgan fingerprint density at radius 1 is 1.11 bits per heavy atom. The number of amides is 2. The molecule has 2 aromatic carbocycles. The van der Waals surface area contributed by atoms with E-state index in [0.29, 0.717) is 29.6 Å². The van der Waals surface area contributed by atoms with Crippen LogP contribution in [0, 0.1) is 0 Å². The van der Waals surface area contributed by atoms with Gasteiger partial charge in [-0.3, -0.25) is 19.7 Å². The molecule has 1 heterocycles. The van der Waals surface area contributed by atoms with E-state index < -0.39 is 11.9 Å². The van der Waals surface area contributed by atoms with E-state index in [-0.39, 0.29) is 35.6 Å². The van der Waals surface area contributed by atoms with Crippen LogP contribution in [0.25, 0.3) is 11.0 Å². The van der Waals surface area contributed by atoms with Gasteiger partial charge >= 0.3 is 5.97 Å². The summed E-state index contributed by atoms with van der Waals surface area (Å²) in [5, 5.41) is 21.8. The highest BCUT2D eigenvalue weighted by molar-refractivity contribution is 6.06. The van der Waals surface area contributed by atoms with E-state index in [1.807, 2.05) is 11.9 Å². The summed E-state index contributed by atoms with van der Waals surface area (Å²) < 4.78 is 1.73. The number of carboxylic acid groups (broad SMARTS) is 1. The van der Waals surface area contributed by atoms with Crippen molar-refractivity contribution in [2.75, 3.05) is 12.4 Å². The number of imidazole rings is 1. The number of carbonyl (C=O) groups is 3. The first-order valence-corrected chi connectivity index (χ1v) is 11.9. The topological polar surface area (TPSA) is 125 Å². The molecule has 35 heavy (non-hydrogen) atoms. The molecule has 0 saturated heterocycles. The van der Waals surface area contributed by atoms with Crippen molar-refractivity contribution in [3.05, 3.63) is 53.6 Å². The molecular formula is C26H30N4O5. The summed E-state index contributed by atoms with van der Waals surface area (Å²) in [6.45, 7) is 0.314. The highest BCUT2D eigenvalue weighted by atomic mass is 16.4. The van der Waals surface area contributed by atoms with Gasteiger partial charge in [-0.25, -0.2) is 4.98 Å². The molecule has 1 aromatic heterocycles. The first kappa shape index (κ1) is 24.3. The van der Waals surface area contributed by atoms with Gasteiger partial charge in [-0.05, 0) is 49.6 Å². The Morgan fingerprint density at radius 2 is 1.86 bits per heavy atom. The van der Waals surface area contributed by atoms with Crippen LogP contribution in [0.4, 0.5) is 5.95 Å². The number of aromatic nitrogens is 2. The molecule has 0 spiro atoms. The summed E-state index contributed by atoms with van der Waals surface area (Å²) >= 11 is 0. The molecule has 184 valence electrons. The smallest absolute Gasteiger partial charge is 0.303 e. The van der Waals surface area contributed by atoms with Crippen molar-refractivity contribution in [3.8, 4) is 5.75 Å². The number of aliphatic carboxylic acids is 1. The SMILES string of the molecule is CN(C(=O)c1ccc2c(c1)nc(NC(=O)c1ccccc1O)n2CCCC(=O)O)C1CCCCC1. The monoisotopic (exact) mass is 478 g/mol. The molecule has 3 N–H and O–H groups in total.